The number of methoxy groups -OCH3 is 1. The van der Waals surface area contributed by atoms with Gasteiger partial charge in [-0.15, -0.1) is 0 Å². The van der Waals surface area contributed by atoms with Gasteiger partial charge in [-0.2, -0.15) is 0 Å². The highest BCUT2D eigenvalue weighted by Crippen LogP contribution is 2.31. The summed E-state index contributed by atoms with van der Waals surface area (Å²) in [6, 6.07) is 21.4. The number of amidine groups is 2. The van der Waals surface area contributed by atoms with E-state index < -0.39 is 12.1 Å². The van der Waals surface area contributed by atoms with E-state index in [-0.39, 0.29) is 35.9 Å². The number of carbonyl (C=O) groups excluding carboxylic acids is 3. The molecular formula is C42H55N7O4. The second-order valence-electron chi connectivity index (χ2n) is 15.3. The molecule has 282 valence electrons. The number of rotatable bonds is 14. The topological polar surface area (TPSA) is 137 Å². The number of aliphatic imine (C=N–C) groups is 2. The van der Waals surface area contributed by atoms with E-state index in [0.717, 1.165) is 62.4 Å². The van der Waals surface area contributed by atoms with Crippen molar-refractivity contribution >= 4 is 40.4 Å². The minimum absolute atomic E-state index is 0.0317. The first kappa shape index (κ1) is 37.8. The van der Waals surface area contributed by atoms with Crippen LogP contribution in [0.1, 0.15) is 89.4 Å². The van der Waals surface area contributed by atoms with Crippen LogP contribution < -0.4 is 21.3 Å². The zero-order valence-corrected chi connectivity index (χ0v) is 31.8. The molecule has 53 heavy (non-hydrogen) atoms. The minimum Gasteiger partial charge on any atom is -0.453 e. The molecule has 0 spiro atoms. The molecule has 0 aromatic heterocycles. The fourth-order valence-corrected chi connectivity index (χ4v) is 7.53. The summed E-state index contributed by atoms with van der Waals surface area (Å²) in [5.74, 6) is 2.24. The van der Waals surface area contributed by atoms with Gasteiger partial charge in [0.25, 0.3) is 0 Å². The van der Waals surface area contributed by atoms with Crippen molar-refractivity contribution in [2.45, 2.75) is 90.4 Å². The van der Waals surface area contributed by atoms with Gasteiger partial charge in [-0.05, 0) is 82.7 Å². The number of nitrogens with zero attached hydrogens (tertiary/aromatic N) is 3. The van der Waals surface area contributed by atoms with Gasteiger partial charge in [0.05, 0.1) is 44.2 Å². The highest BCUT2D eigenvalue weighted by Gasteiger charge is 2.39. The van der Waals surface area contributed by atoms with E-state index >= 15 is 0 Å². The summed E-state index contributed by atoms with van der Waals surface area (Å²) in [4.78, 5) is 48.8. The Labute approximate surface area is 313 Å². The highest BCUT2D eigenvalue weighted by molar-refractivity contribution is 5.96. The molecule has 0 saturated carbocycles. The molecular weight excluding hydrogens is 667 g/mol. The Bertz CT molecular complexity index is 1840. The molecule has 4 atom stereocenters. The van der Waals surface area contributed by atoms with E-state index in [2.05, 4.69) is 95.8 Å². The molecule has 3 aromatic rings. The van der Waals surface area contributed by atoms with Crippen molar-refractivity contribution in [1.82, 2.24) is 26.2 Å². The van der Waals surface area contributed by atoms with Gasteiger partial charge in [0.1, 0.15) is 11.9 Å². The lowest BCUT2D eigenvalue weighted by atomic mass is 9.96. The number of fused-ring (bicyclic) bond motifs is 1. The van der Waals surface area contributed by atoms with Crippen LogP contribution >= 0.6 is 0 Å². The molecule has 1 fully saturated rings. The first-order valence-corrected chi connectivity index (χ1v) is 19.3. The number of nitrogens with one attached hydrogen (secondary N) is 4. The number of unbranched alkanes of at least 4 members (excludes halogenated alkanes) is 1. The number of hydrogen-bond acceptors (Lipinski definition) is 8. The lowest BCUT2D eigenvalue weighted by molar-refractivity contribution is -0.134. The summed E-state index contributed by atoms with van der Waals surface area (Å²) in [6.07, 6.45) is 4.55. The fourth-order valence-electron chi connectivity index (χ4n) is 7.53. The summed E-state index contributed by atoms with van der Waals surface area (Å²) in [6.45, 7) is 10.7. The Morgan fingerprint density at radius 1 is 0.868 bits per heavy atom. The number of hydrogen-bond donors (Lipinski definition) is 4. The van der Waals surface area contributed by atoms with E-state index in [9.17, 15) is 14.4 Å². The maximum atomic E-state index is 13.6. The Kier molecular flexibility index (Phi) is 12.3. The van der Waals surface area contributed by atoms with Crippen molar-refractivity contribution < 1.29 is 19.1 Å². The smallest absolute Gasteiger partial charge is 0.407 e. The normalized spacial score (nSPS) is 20.2. The van der Waals surface area contributed by atoms with Crippen molar-refractivity contribution in [2.24, 2.45) is 21.8 Å². The lowest BCUT2D eigenvalue weighted by Crippen LogP contribution is -2.54. The first-order valence-electron chi connectivity index (χ1n) is 19.3. The molecule has 11 nitrogen and oxygen atoms in total. The van der Waals surface area contributed by atoms with Crippen LogP contribution in [0.2, 0.25) is 0 Å². The van der Waals surface area contributed by atoms with Gasteiger partial charge < -0.3 is 30.9 Å². The van der Waals surface area contributed by atoms with Crippen molar-refractivity contribution in [3.63, 3.8) is 0 Å². The Balaban J connectivity index is 1.01. The number of carbonyl (C=O) groups is 3. The quantitative estimate of drug-likeness (QED) is 0.144. The maximum absolute atomic E-state index is 13.6. The van der Waals surface area contributed by atoms with Crippen LogP contribution in [0, 0.1) is 11.8 Å². The number of alkyl carbamates (subject to hydrolysis) is 1. The molecule has 11 heteroatoms. The third-order valence-electron chi connectivity index (χ3n) is 10.5. The number of ether oxygens (including phenoxy) is 1. The van der Waals surface area contributed by atoms with E-state index in [1.807, 2.05) is 18.7 Å². The summed E-state index contributed by atoms with van der Waals surface area (Å²) >= 11 is 0. The molecule has 1 saturated heterocycles. The van der Waals surface area contributed by atoms with Crippen LogP contribution in [-0.4, -0.2) is 79.9 Å². The SMILES string of the molecule is COC(=O)N[C@H](C(=O)N1CCC[C@H]1C1=NCC(c2ccc3cc(-c4ccc(C5CN=C(CCCCNC(=O)CC(C)C)N5)cc4)ccc3c2)N1)C(C)C. The Morgan fingerprint density at radius 2 is 1.57 bits per heavy atom. The maximum Gasteiger partial charge on any atom is 0.407 e. The largest absolute Gasteiger partial charge is 0.453 e. The monoisotopic (exact) mass is 721 g/mol. The summed E-state index contributed by atoms with van der Waals surface area (Å²) in [7, 11) is 1.31. The predicted octanol–water partition coefficient (Wildman–Crippen LogP) is 6.30. The van der Waals surface area contributed by atoms with Crippen LogP contribution in [0.4, 0.5) is 4.79 Å². The fraction of sp³-hybridized carbons (Fsp3) is 0.500. The van der Waals surface area contributed by atoms with Gasteiger partial charge in [0, 0.05) is 25.9 Å². The molecule has 3 amide bonds. The summed E-state index contributed by atoms with van der Waals surface area (Å²) < 4.78 is 4.77. The van der Waals surface area contributed by atoms with Gasteiger partial charge in [0.2, 0.25) is 11.8 Å². The molecule has 0 bridgehead atoms. The molecule has 3 aliphatic rings. The molecule has 4 N–H and O–H groups in total. The van der Waals surface area contributed by atoms with Gasteiger partial charge in [-0.3, -0.25) is 19.6 Å². The zero-order valence-electron chi connectivity index (χ0n) is 31.8. The van der Waals surface area contributed by atoms with E-state index in [0.29, 0.717) is 25.4 Å². The molecule has 0 radical (unpaired) electrons. The van der Waals surface area contributed by atoms with Crippen LogP contribution in [0.3, 0.4) is 0 Å². The number of amides is 3. The third-order valence-corrected chi connectivity index (χ3v) is 10.5. The van der Waals surface area contributed by atoms with E-state index in [4.69, 9.17) is 14.7 Å². The van der Waals surface area contributed by atoms with Gasteiger partial charge >= 0.3 is 6.09 Å². The average Bonchev–Trinajstić information content (AvgIpc) is 3.94. The lowest BCUT2D eigenvalue weighted by Gasteiger charge is -2.31. The van der Waals surface area contributed by atoms with Crippen LogP contribution in [0.25, 0.3) is 21.9 Å². The predicted molar refractivity (Wildman–Crippen MR) is 211 cm³/mol. The van der Waals surface area contributed by atoms with Gasteiger partial charge in [-0.1, -0.05) is 76.2 Å². The number of likely N-dealkylation sites (tertiary alicyclic amines) is 1. The molecule has 3 aromatic carbocycles. The van der Waals surface area contributed by atoms with Crippen LogP contribution in [-0.2, 0) is 14.3 Å². The highest BCUT2D eigenvalue weighted by atomic mass is 16.5. The molecule has 6 rings (SSSR count). The summed E-state index contributed by atoms with van der Waals surface area (Å²) in [5.41, 5.74) is 4.74. The van der Waals surface area contributed by atoms with Crippen molar-refractivity contribution in [3.05, 3.63) is 71.8 Å². The minimum atomic E-state index is -0.653. The van der Waals surface area contributed by atoms with E-state index in [1.165, 1.54) is 34.6 Å². The van der Waals surface area contributed by atoms with Gasteiger partial charge in [-0.25, -0.2) is 4.79 Å². The standard InChI is InChI=1S/C42H55N7O4/c1-26(2)21-38(50)43-19-7-6-10-37-44-24-34(46-37)29-13-11-28(12-14-29)30-15-16-32-23-33(18-17-31(32)22-30)35-25-45-40(47-35)36-9-8-20-49(36)41(51)39(27(3)4)48-42(52)53-5/h11-18,22-23,26-27,34-36,39H,6-10,19-21,24-25H2,1-5H3,(H,43,50)(H,44,46)(H,45,47)(H,48,52)/t34?,35?,36-,39-/m0/s1. The molecule has 3 aliphatic heterocycles. The first-order chi connectivity index (χ1) is 25.6. The molecule has 3 heterocycles. The molecule has 2 unspecified atom stereocenters. The molecule has 0 aliphatic carbocycles. The number of benzene rings is 3. The van der Waals surface area contributed by atoms with Crippen LogP contribution in [0.5, 0.6) is 0 Å². The van der Waals surface area contributed by atoms with Crippen LogP contribution in [0.15, 0.2) is 70.6 Å². The summed E-state index contributed by atoms with van der Waals surface area (Å²) in [5, 5.41) is 15.3. The Morgan fingerprint density at radius 3 is 2.32 bits per heavy atom. The van der Waals surface area contributed by atoms with Gasteiger partial charge in [0.15, 0.2) is 0 Å². The van der Waals surface area contributed by atoms with Crippen molar-refractivity contribution in [3.8, 4) is 11.1 Å². The van der Waals surface area contributed by atoms with Crippen molar-refractivity contribution in [1.29, 1.82) is 0 Å². The second-order valence-corrected chi connectivity index (χ2v) is 15.3. The zero-order chi connectivity index (χ0) is 37.5. The van der Waals surface area contributed by atoms with Crippen molar-refractivity contribution in [2.75, 3.05) is 33.3 Å². The third kappa shape index (κ3) is 9.36. The Hall–Kier alpha value is -4.93. The second kappa shape index (κ2) is 17.3. The van der Waals surface area contributed by atoms with E-state index in [1.54, 1.807) is 0 Å². The average molecular weight is 722 g/mol.